The molecule has 576 valence electrons. The van der Waals surface area contributed by atoms with Gasteiger partial charge in [-0.2, -0.15) is 0 Å². The molecular weight excluding hydrogens is 1340 g/mol. The normalized spacial score (nSPS) is 8.66. The van der Waals surface area contributed by atoms with E-state index in [1.165, 1.54) is 90.4 Å². The van der Waals surface area contributed by atoms with Crippen LogP contribution in [0.2, 0.25) is 0 Å². The van der Waals surface area contributed by atoms with Gasteiger partial charge in [0.1, 0.15) is 0 Å². The highest BCUT2D eigenvalue weighted by atomic mass is 16.5. The third-order valence-electron chi connectivity index (χ3n) is 14.5. The number of hydrogen-bond acceptors (Lipinski definition) is 2. The Hall–Kier alpha value is -12.2. The molecule has 15 rings (SSSR count). The topological polar surface area (TPSA) is 26.3 Å². The van der Waals surface area contributed by atoms with Crippen LogP contribution in [-0.2, 0) is 9.53 Å². The second-order valence-corrected chi connectivity index (χ2v) is 25.7. The molecule has 0 bridgehead atoms. The number of rotatable bonds is 1. The minimum Gasteiger partial charge on any atom is -0.466 e. The Morgan fingerprint density at radius 1 is 0.153 bits per heavy atom. The third-order valence-corrected chi connectivity index (χ3v) is 14.5. The molecular formula is C109H128O2. The largest absolute Gasteiger partial charge is 0.466 e. The Balaban J connectivity index is 0.00000116. The quantitative estimate of drug-likeness (QED) is 0.153. The van der Waals surface area contributed by atoms with Crippen LogP contribution in [0.25, 0.3) is 0 Å². The number of ether oxygens (including phenoxy) is 1. The first-order valence-electron chi connectivity index (χ1n) is 38.1. The highest BCUT2D eigenvalue weighted by Crippen LogP contribution is 2.01. The predicted octanol–water partition coefficient (Wildman–Crippen LogP) is 30.5. The van der Waals surface area contributed by atoms with E-state index in [-0.39, 0.29) is 5.97 Å². The van der Waals surface area contributed by atoms with Crippen LogP contribution in [0.15, 0.2) is 455 Å². The van der Waals surface area contributed by atoms with Crippen LogP contribution in [0.4, 0.5) is 0 Å². The second kappa shape index (κ2) is 72.0. The van der Waals surface area contributed by atoms with Gasteiger partial charge in [0.05, 0.1) is 6.61 Å². The minimum atomic E-state index is -0.211. The van der Waals surface area contributed by atoms with Crippen molar-refractivity contribution in [3.8, 4) is 0 Å². The van der Waals surface area contributed by atoms with E-state index in [1.807, 2.05) is 273 Å². The van der Waals surface area contributed by atoms with E-state index < -0.39 is 0 Å². The van der Waals surface area contributed by atoms with Gasteiger partial charge >= 0.3 is 5.97 Å². The fourth-order valence-corrected chi connectivity index (χ4v) is 8.22. The highest BCUT2D eigenvalue weighted by Gasteiger charge is 1.83. The minimum absolute atomic E-state index is 0.211. The van der Waals surface area contributed by atoms with E-state index >= 15 is 0 Å². The van der Waals surface area contributed by atoms with Crippen molar-refractivity contribution in [2.45, 2.75) is 118 Å². The zero-order valence-electron chi connectivity index (χ0n) is 69.8. The summed E-state index contributed by atoms with van der Waals surface area (Å²) in [4.78, 5) is 9.82. The van der Waals surface area contributed by atoms with Crippen LogP contribution in [0, 0.1) is 104 Å². The second-order valence-electron chi connectivity index (χ2n) is 25.7. The lowest BCUT2D eigenvalue weighted by atomic mass is 10.2. The first kappa shape index (κ1) is 98.8. The van der Waals surface area contributed by atoms with Crippen LogP contribution in [0.1, 0.15) is 97.3 Å². The maximum atomic E-state index is 9.82. The van der Waals surface area contributed by atoms with E-state index in [2.05, 4.69) is 291 Å². The molecule has 0 atom stereocenters. The summed E-state index contributed by atoms with van der Waals surface area (Å²) in [5.41, 5.74) is 19.8. The molecule has 0 amide bonds. The molecule has 0 spiro atoms. The summed E-state index contributed by atoms with van der Waals surface area (Å²) in [6.45, 7) is 34.9. The van der Waals surface area contributed by atoms with Gasteiger partial charge in [-0.05, 0) is 111 Å². The van der Waals surface area contributed by atoms with E-state index in [0.717, 1.165) is 0 Å². The number of benzene rings is 15. The molecule has 2 heteroatoms. The Bertz CT molecular complexity index is 3210. The molecule has 0 heterocycles. The van der Waals surface area contributed by atoms with Gasteiger partial charge in [0, 0.05) is 6.92 Å². The molecule has 111 heavy (non-hydrogen) atoms. The Kier molecular flexibility index (Phi) is 64.1. The molecule has 2 nitrogen and oxygen atoms in total. The number of hydrogen-bond donors (Lipinski definition) is 0. The fraction of sp³-hybridized carbons (Fsp3) is 0.165. The van der Waals surface area contributed by atoms with Crippen molar-refractivity contribution < 1.29 is 9.53 Å². The summed E-state index contributed by atoms with van der Waals surface area (Å²) in [6, 6.07) is 154. The molecule has 0 N–H and O–H groups in total. The molecule has 0 aliphatic rings. The van der Waals surface area contributed by atoms with Crippen molar-refractivity contribution in [1.82, 2.24) is 0 Å². The monoisotopic (exact) mass is 1470 g/mol. The van der Waals surface area contributed by atoms with Crippen LogP contribution in [-0.4, -0.2) is 12.6 Å². The van der Waals surface area contributed by atoms with E-state index in [4.69, 9.17) is 0 Å². The van der Waals surface area contributed by atoms with Crippen molar-refractivity contribution in [3.05, 3.63) is 538 Å². The molecule has 0 saturated heterocycles. The molecule has 0 radical (unpaired) electrons. The summed E-state index contributed by atoms with van der Waals surface area (Å²) < 4.78 is 4.40. The lowest BCUT2D eigenvalue weighted by Gasteiger charge is -1.89. The predicted molar refractivity (Wildman–Crippen MR) is 490 cm³/mol. The van der Waals surface area contributed by atoms with Gasteiger partial charge in [-0.3, -0.25) is 4.79 Å². The summed E-state index contributed by atoms with van der Waals surface area (Å²) in [7, 11) is 0. The number of carbonyl (C=O) groups excluding carboxylic acids is 1. The number of aryl methyl sites for hydroxylation is 15. The van der Waals surface area contributed by atoms with Gasteiger partial charge < -0.3 is 4.74 Å². The van der Waals surface area contributed by atoms with E-state index in [1.54, 1.807) is 6.92 Å². The lowest BCUT2D eigenvalue weighted by molar-refractivity contribution is -0.140. The number of esters is 1. The summed E-state index contributed by atoms with van der Waals surface area (Å²) in [5, 5.41) is 0. The van der Waals surface area contributed by atoms with Crippen LogP contribution in [0.5, 0.6) is 0 Å². The first-order chi connectivity index (χ1) is 53.7. The molecule has 0 aromatic heterocycles. The van der Waals surface area contributed by atoms with Crippen LogP contribution < -0.4 is 0 Å². The zero-order chi connectivity index (χ0) is 81.7. The zero-order valence-corrected chi connectivity index (χ0v) is 69.8. The maximum Gasteiger partial charge on any atom is 0.302 e. The summed E-state index contributed by atoms with van der Waals surface area (Å²) in [6.07, 6.45) is 0. The van der Waals surface area contributed by atoms with Crippen molar-refractivity contribution in [2.24, 2.45) is 0 Å². The van der Waals surface area contributed by atoms with Crippen LogP contribution in [0.3, 0.4) is 0 Å². The lowest BCUT2D eigenvalue weighted by Crippen LogP contribution is -1.95. The molecule has 0 unspecified atom stereocenters. The molecule has 15 aromatic carbocycles. The third kappa shape index (κ3) is 73.1. The van der Waals surface area contributed by atoms with Gasteiger partial charge in [-0.25, -0.2) is 0 Å². The Labute approximate surface area is 674 Å². The Morgan fingerprint density at radius 3 is 0.234 bits per heavy atom. The van der Waals surface area contributed by atoms with Crippen molar-refractivity contribution in [3.63, 3.8) is 0 Å². The van der Waals surface area contributed by atoms with E-state index in [9.17, 15) is 4.79 Å². The fourth-order valence-electron chi connectivity index (χ4n) is 8.22. The van der Waals surface area contributed by atoms with Gasteiger partial charge in [0.2, 0.25) is 0 Å². The summed E-state index contributed by atoms with van der Waals surface area (Å²) >= 11 is 0. The summed E-state index contributed by atoms with van der Waals surface area (Å²) in [5.74, 6) is -0.211. The molecule has 0 aliphatic carbocycles. The average Bonchev–Trinajstić information content (AvgIpc) is 3.71. The molecule has 15 aromatic rings. The van der Waals surface area contributed by atoms with Gasteiger partial charge in [-0.1, -0.05) is 538 Å². The Morgan fingerprint density at radius 2 is 0.216 bits per heavy atom. The molecule has 0 saturated carbocycles. The average molecular weight is 1470 g/mol. The van der Waals surface area contributed by atoms with E-state index in [0.29, 0.717) is 6.61 Å². The van der Waals surface area contributed by atoms with Crippen molar-refractivity contribution >= 4 is 5.97 Å². The van der Waals surface area contributed by atoms with Crippen LogP contribution >= 0.6 is 0 Å². The molecule has 0 fully saturated rings. The van der Waals surface area contributed by atoms with Gasteiger partial charge in [-0.15, -0.1) is 0 Å². The maximum absolute atomic E-state index is 9.82. The van der Waals surface area contributed by atoms with Gasteiger partial charge in [0.15, 0.2) is 0 Å². The van der Waals surface area contributed by atoms with Crippen molar-refractivity contribution in [1.29, 1.82) is 0 Å². The van der Waals surface area contributed by atoms with Gasteiger partial charge in [0.25, 0.3) is 0 Å². The first-order valence-corrected chi connectivity index (χ1v) is 38.1. The highest BCUT2D eigenvalue weighted by molar-refractivity contribution is 5.65. The SMILES string of the molecule is CCOC(C)=O.Cc1ccccc1.Cc1ccccc1.Cc1ccccc1.Cc1ccccc1.Cc1ccccc1.Cc1ccccc1.Cc1ccccc1.Cc1ccccc1.Cc1ccccc1.Cc1ccccc1.Cc1ccccc1.Cc1ccccc1.Cc1ccccc1.Cc1ccccc1.Cc1ccccc1. The smallest absolute Gasteiger partial charge is 0.302 e. The standard InChI is InChI=1S/15C7H8.C4H8O2/c15*1-7-5-3-2-4-6-7;1-3-6-4(2)5/h15*2-6H,1H3;3H2,1-2H3. The number of carbonyl (C=O) groups is 1. The molecule has 0 aliphatic heterocycles. The van der Waals surface area contributed by atoms with Crippen molar-refractivity contribution in [2.75, 3.05) is 6.61 Å².